The molecule has 1 aliphatic rings. The number of thiophene rings is 1. The van der Waals surface area contributed by atoms with Crippen molar-refractivity contribution in [2.45, 2.75) is 6.42 Å². The lowest BCUT2D eigenvalue weighted by molar-refractivity contribution is 0.360. The molecule has 0 bridgehead atoms. The largest absolute Gasteiger partial charge is 0.445 e. The number of anilines is 1. The van der Waals surface area contributed by atoms with Gasteiger partial charge in [-0.15, -0.1) is 11.3 Å². The Bertz CT molecular complexity index is 544. The molecule has 0 saturated carbocycles. The summed E-state index contributed by atoms with van der Waals surface area (Å²) < 4.78 is 5.82. The first-order valence-electron chi connectivity index (χ1n) is 6.91. The molecule has 3 rings (SSSR count). The fourth-order valence-corrected chi connectivity index (χ4v) is 2.97. The SMILES string of the molecule is CN1CCCN(c2cncc(Oc3cccs3)c2)CC1. The highest BCUT2D eigenvalue weighted by molar-refractivity contribution is 7.11. The van der Waals surface area contributed by atoms with Crippen molar-refractivity contribution in [1.82, 2.24) is 9.88 Å². The molecule has 0 aliphatic carbocycles. The van der Waals surface area contributed by atoms with Crippen molar-refractivity contribution in [3.05, 3.63) is 36.0 Å². The van der Waals surface area contributed by atoms with E-state index in [1.807, 2.05) is 23.7 Å². The molecular weight excluding hydrogens is 270 g/mol. The van der Waals surface area contributed by atoms with E-state index in [1.54, 1.807) is 17.5 Å². The highest BCUT2D eigenvalue weighted by Crippen LogP contribution is 2.28. The lowest BCUT2D eigenvalue weighted by Crippen LogP contribution is -2.28. The lowest BCUT2D eigenvalue weighted by Gasteiger charge is -2.22. The maximum absolute atomic E-state index is 5.82. The van der Waals surface area contributed by atoms with Gasteiger partial charge in [0.05, 0.1) is 18.1 Å². The number of hydrogen-bond donors (Lipinski definition) is 0. The minimum absolute atomic E-state index is 0.808. The van der Waals surface area contributed by atoms with E-state index < -0.39 is 0 Å². The Labute approximate surface area is 123 Å². The van der Waals surface area contributed by atoms with E-state index in [2.05, 4.69) is 27.9 Å². The van der Waals surface area contributed by atoms with E-state index >= 15 is 0 Å². The predicted molar refractivity (Wildman–Crippen MR) is 83.0 cm³/mol. The smallest absolute Gasteiger partial charge is 0.180 e. The van der Waals surface area contributed by atoms with Crippen LogP contribution in [0.5, 0.6) is 10.8 Å². The Morgan fingerprint density at radius 1 is 1.20 bits per heavy atom. The van der Waals surface area contributed by atoms with E-state index in [0.29, 0.717) is 0 Å². The van der Waals surface area contributed by atoms with E-state index in [1.165, 1.54) is 6.42 Å². The first-order valence-corrected chi connectivity index (χ1v) is 7.79. The van der Waals surface area contributed by atoms with Crippen LogP contribution in [0, 0.1) is 0 Å². The van der Waals surface area contributed by atoms with Crippen LogP contribution in [0.3, 0.4) is 0 Å². The molecule has 0 atom stereocenters. The van der Waals surface area contributed by atoms with Crippen molar-refractivity contribution in [1.29, 1.82) is 0 Å². The van der Waals surface area contributed by atoms with Gasteiger partial charge in [-0.25, -0.2) is 0 Å². The normalized spacial score (nSPS) is 16.9. The fourth-order valence-electron chi connectivity index (χ4n) is 2.38. The third kappa shape index (κ3) is 3.29. The van der Waals surface area contributed by atoms with Crippen molar-refractivity contribution >= 4 is 17.0 Å². The Kier molecular flexibility index (Phi) is 4.18. The summed E-state index contributed by atoms with van der Waals surface area (Å²) in [6.45, 7) is 4.38. The van der Waals surface area contributed by atoms with E-state index in [0.717, 1.165) is 42.7 Å². The van der Waals surface area contributed by atoms with Crippen LogP contribution in [0.2, 0.25) is 0 Å². The first-order chi connectivity index (χ1) is 9.81. The Hall–Kier alpha value is -1.59. The second-order valence-corrected chi connectivity index (χ2v) is 5.97. The molecular formula is C15H19N3OS. The Morgan fingerprint density at radius 3 is 3.00 bits per heavy atom. The number of likely N-dealkylation sites (N-methyl/N-ethyl adjacent to an activating group) is 1. The molecule has 0 aromatic carbocycles. The maximum atomic E-state index is 5.82. The van der Waals surface area contributed by atoms with Crippen LogP contribution >= 0.6 is 11.3 Å². The highest BCUT2D eigenvalue weighted by Gasteiger charge is 2.13. The molecule has 0 amide bonds. The minimum atomic E-state index is 0.808. The molecule has 4 nitrogen and oxygen atoms in total. The van der Waals surface area contributed by atoms with Crippen LogP contribution in [-0.4, -0.2) is 43.1 Å². The van der Waals surface area contributed by atoms with Gasteiger partial charge in [-0.3, -0.25) is 4.98 Å². The third-order valence-corrected chi connectivity index (χ3v) is 4.24. The summed E-state index contributed by atoms with van der Waals surface area (Å²) >= 11 is 1.59. The van der Waals surface area contributed by atoms with Gasteiger partial charge in [0.25, 0.3) is 0 Å². The summed E-state index contributed by atoms with van der Waals surface area (Å²) in [5.74, 6) is 0.808. The number of nitrogens with zero attached hydrogens (tertiary/aromatic N) is 3. The zero-order chi connectivity index (χ0) is 13.8. The number of hydrogen-bond acceptors (Lipinski definition) is 5. The topological polar surface area (TPSA) is 28.6 Å². The van der Waals surface area contributed by atoms with Crippen LogP contribution in [0.15, 0.2) is 36.0 Å². The van der Waals surface area contributed by atoms with Gasteiger partial charge in [0.15, 0.2) is 5.06 Å². The zero-order valence-electron chi connectivity index (χ0n) is 11.7. The summed E-state index contributed by atoms with van der Waals surface area (Å²) in [7, 11) is 2.18. The van der Waals surface area contributed by atoms with Crippen molar-refractivity contribution < 1.29 is 4.74 Å². The van der Waals surface area contributed by atoms with Gasteiger partial charge >= 0.3 is 0 Å². The molecule has 2 aromatic heterocycles. The van der Waals surface area contributed by atoms with Gasteiger partial charge in [0, 0.05) is 25.7 Å². The number of rotatable bonds is 3. The van der Waals surface area contributed by atoms with Crippen LogP contribution in [0.25, 0.3) is 0 Å². The van der Waals surface area contributed by atoms with E-state index in [9.17, 15) is 0 Å². The van der Waals surface area contributed by atoms with Crippen LogP contribution in [0.1, 0.15) is 6.42 Å². The second-order valence-electron chi connectivity index (χ2n) is 5.06. The average molecular weight is 289 g/mol. The summed E-state index contributed by atoms with van der Waals surface area (Å²) in [6.07, 6.45) is 4.88. The van der Waals surface area contributed by atoms with E-state index in [4.69, 9.17) is 4.74 Å². The molecule has 1 aliphatic heterocycles. The van der Waals surface area contributed by atoms with E-state index in [-0.39, 0.29) is 0 Å². The molecule has 0 N–H and O–H groups in total. The van der Waals surface area contributed by atoms with Gasteiger partial charge in [-0.05, 0) is 37.5 Å². The van der Waals surface area contributed by atoms with Crippen molar-refractivity contribution in [2.24, 2.45) is 0 Å². The molecule has 2 aromatic rings. The molecule has 0 spiro atoms. The quantitative estimate of drug-likeness (QED) is 0.868. The summed E-state index contributed by atoms with van der Waals surface area (Å²) in [5.41, 5.74) is 1.15. The molecule has 20 heavy (non-hydrogen) atoms. The first kappa shape index (κ1) is 13.4. The molecule has 0 unspecified atom stereocenters. The van der Waals surface area contributed by atoms with Gasteiger partial charge in [0.2, 0.25) is 0 Å². The standard InChI is InChI=1S/C15H19N3OS/c1-17-5-3-6-18(8-7-17)13-10-14(12-16-11-13)19-15-4-2-9-20-15/h2,4,9-12H,3,5-8H2,1H3. The highest BCUT2D eigenvalue weighted by atomic mass is 32.1. The molecule has 3 heterocycles. The van der Waals surface area contributed by atoms with Crippen LogP contribution in [-0.2, 0) is 0 Å². The monoisotopic (exact) mass is 289 g/mol. The maximum Gasteiger partial charge on any atom is 0.180 e. The molecule has 1 saturated heterocycles. The van der Waals surface area contributed by atoms with Crippen molar-refractivity contribution in [3.8, 4) is 10.8 Å². The second kappa shape index (κ2) is 6.24. The van der Waals surface area contributed by atoms with Gasteiger partial charge in [-0.1, -0.05) is 0 Å². The minimum Gasteiger partial charge on any atom is -0.445 e. The fraction of sp³-hybridized carbons (Fsp3) is 0.400. The van der Waals surface area contributed by atoms with Crippen molar-refractivity contribution in [2.75, 3.05) is 38.1 Å². The van der Waals surface area contributed by atoms with Gasteiger partial charge in [0.1, 0.15) is 5.75 Å². The van der Waals surface area contributed by atoms with Gasteiger partial charge < -0.3 is 14.5 Å². The zero-order valence-corrected chi connectivity index (χ0v) is 12.5. The predicted octanol–water partition coefficient (Wildman–Crippen LogP) is 3.08. The number of pyridine rings is 1. The third-order valence-electron chi connectivity index (χ3n) is 3.50. The Morgan fingerprint density at radius 2 is 2.15 bits per heavy atom. The summed E-state index contributed by atoms with van der Waals surface area (Å²) in [5, 5.41) is 2.91. The average Bonchev–Trinajstić information content (AvgIpc) is 2.86. The molecule has 1 fully saturated rings. The number of aromatic nitrogens is 1. The molecule has 5 heteroatoms. The summed E-state index contributed by atoms with van der Waals surface area (Å²) in [4.78, 5) is 9.08. The van der Waals surface area contributed by atoms with Crippen LogP contribution < -0.4 is 9.64 Å². The lowest BCUT2D eigenvalue weighted by atomic mass is 10.3. The number of ether oxygens (including phenoxy) is 1. The van der Waals surface area contributed by atoms with Crippen molar-refractivity contribution in [3.63, 3.8) is 0 Å². The Balaban J connectivity index is 1.73. The molecule has 106 valence electrons. The van der Waals surface area contributed by atoms with Gasteiger partial charge in [-0.2, -0.15) is 0 Å². The molecule has 0 radical (unpaired) electrons. The summed E-state index contributed by atoms with van der Waals surface area (Å²) in [6, 6.07) is 6.04. The van der Waals surface area contributed by atoms with Crippen LogP contribution in [0.4, 0.5) is 5.69 Å².